The molecular formula is C20H23N3O3S. The molecule has 7 heteroatoms. The second-order valence-corrected chi connectivity index (χ2v) is 7.65. The molecule has 1 N–H and O–H groups in total. The number of hydrogen-bond acceptors (Lipinski definition) is 5. The monoisotopic (exact) mass is 385 g/mol. The third-order valence-electron chi connectivity index (χ3n) is 4.04. The van der Waals surface area contributed by atoms with Crippen LogP contribution in [0.2, 0.25) is 0 Å². The number of aryl methyl sites for hydroxylation is 1. The van der Waals surface area contributed by atoms with E-state index in [1.165, 1.54) is 11.3 Å². The minimum Gasteiger partial charge on any atom is -0.463 e. The van der Waals surface area contributed by atoms with E-state index in [0.29, 0.717) is 5.69 Å². The van der Waals surface area contributed by atoms with Crippen molar-refractivity contribution in [3.63, 3.8) is 0 Å². The van der Waals surface area contributed by atoms with E-state index in [1.807, 2.05) is 67.2 Å². The second kappa shape index (κ2) is 8.35. The summed E-state index contributed by atoms with van der Waals surface area (Å²) >= 11 is 1.52. The maximum Gasteiger partial charge on any atom is 0.308 e. The van der Waals surface area contributed by atoms with Crippen LogP contribution in [0.1, 0.15) is 43.1 Å². The van der Waals surface area contributed by atoms with Crippen molar-refractivity contribution < 1.29 is 14.3 Å². The number of amides is 1. The Kier molecular flexibility index (Phi) is 5.91. The first-order valence-corrected chi connectivity index (χ1v) is 9.75. The summed E-state index contributed by atoms with van der Waals surface area (Å²) < 4.78 is 7.14. The number of nitrogens with zero attached hydrogens (tertiary/aromatic N) is 2. The lowest BCUT2D eigenvalue weighted by Gasteiger charge is -2.19. The van der Waals surface area contributed by atoms with Gasteiger partial charge in [0.25, 0.3) is 0 Å². The highest BCUT2D eigenvalue weighted by atomic mass is 32.1. The zero-order valence-corrected chi connectivity index (χ0v) is 16.5. The van der Waals surface area contributed by atoms with E-state index in [2.05, 4.69) is 10.3 Å². The Labute approximate surface area is 162 Å². The van der Waals surface area contributed by atoms with E-state index in [4.69, 9.17) is 4.74 Å². The maximum atomic E-state index is 12.6. The smallest absolute Gasteiger partial charge is 0.308 e. The molecule has 0 aliphatic carbocycles. The van der Waals surface area contributed by atoms with Crippen molar-refractivity contribution >= 4 is 28.2 Å². The SMILES string of the molecule is Cc1ccc(C(CC(=O)OC(C)C)NC(=O)Cc2cn3ccsc3n2)cc1. The highest BCUT2D eigenvalue weighted by Crippen LogP contribution is 2.19. The molecule has 3 aromatic rings. The molecule has 1 unspecified atom stereocenters. The average molecular weight is 385 g/mol. The molecule has 1 amide bonds. The first kappa shape index (κ1) is 19.1. The molecule has 1 aromatic carbocycles. The Morgan fingerprint density at radius 3 is 2.67 bits per heavy atom. The van der Waals surface area contributed by atoms with Gasteiger partial charge in [-0.15, -0.1) is 11.3 Å². The van der Waals surface area contributed by atoms with Crippen LogP contribution in [0.3, 0.4) is 0 Å². The van der Waals surface area contributed by atoms with Crippen LogP contribution in [0.25, 0.3) is 4.96 Å². The van der Waals surface area contributed by atoms with Crippen LogP contribution in [-0.4, -0.2) is 27.4 Å². The van der Waals surface area contributed by atoms with Crippen LogP contribution in [0, 0.1) is 6.92 Å². The summed E-state index contributed by atoms with van der Waals surface area (Å²) in [7, 11) is 0. The van der Waals surface area contributed by atoms with Crippen LogP contribution in [0.15, 0.2) is 42.0 Å². The molecule has 2 aromatic heterocycles. The van der Waals surface area contributed by atoms with Crippen LogP contribution in [0.4, 0.5) is 0 Å². The minimum absolute atomic E-state index is 0.0886. The predicted molar refractivity (Wildman–Crippen MR) is 105 cm³/mol. The molecule has 0 spiro atoms. The van der Waals surface area contributed by atoms with E-state index >= 15 is 0 Å². The number of carbonyl (C=O) groups excluding carboxylic acids is 2. The molecule has 0 fully saturated rings. The number of fused-ring (bicyclic) bond motifs is 1. The molecule has 0 aliphatic rings. The number of hydrogen-bond donors (Lipinski definition) is 1. The standard InChI is InChI=1S/C20H23N3O3S/c1-13(2)26-19(25)11-17(15-6-4-14(3)5-7-15)22-18(24)10-16-12-23-8-9-27-20(23)21-16/h4-9,12-13,17H,10-11H2,1-3H3,(H,22,24). The molecule has 0 saturated heterocycles. The Bertz CT molecular complexity index is 899. The molecule has 0 radical (unpaired) electrons. The molecule has 1 atom stereocenters. The molecule has 0 aliphatic heterocycles. The number of carbonyl (C=O) groups is 2. The highest BCUT2D eigenvalue weighted by molar-refractivity contribution is 7.15. The van der Waals surface area contributed by atoms with Gasteiger partial charge in [0, 0.05) is 17.8 Å². The van der Waals surface area contributed by atoms with Gasteiger partial charge in [-0.1, -0.05) is 29.8 Å². The Morgan fingerprint density at radius 1 is 1.26 bits per heavy atom. The Morgan fingerprint density at radius 2 is 2.00 bits per heavy atom. The lowest BCUT2D eigenvalue weighted by molar-refractivity contribution is -0.148. The van der Waals surface area contributed by atoms with Gasteiger partial charge >= 0.3 is 5.97 Å². The molecule has 3 rings (SSSR count). The molecule has 2 heterocycles. The van der Waals surface area contributed by atoms with E-state index < -0.39 is 6.04 Å². The van der Waals surface area contributed by atoms with Gasteiger partial charge in [-0.2, -0.15) is 0 Å². The van der Waals surface area contributed by atoms with Crippen molar-refractivity contribution in [2.75, 3.05) is 0 Å². The van der Waals surface area contributed by atoms with E-state index in [0.717, 1.165) is 16.1 Å². The first-order valence-electron chi connectivity index (χ1n) is 8.87. The number of aromatic nitrogens is 2. The number of benzene rings is 1. The van der Waals surface area contributed by atoms with Gasteiger partial charge in [-0.25, -0.2) is 4.98 Å². The zero-order chi connectivity index (χ0) is 19.4. The topological polar surface area (TPSA) is 72.7 Å². The summed E-state index contributed by atoms with van der Waals surface area (Å²) in [5.74, 6) is -0.512. The van der Waals surface area contributed by atoms with Gasteiger partial charge in [0.05, 0.1) is 30.7 Å². The lowest BCUT2D eigenvalue weighted by atomic mass is 10.0. The number of rotatable bonds is 7. The Balaban J connectivity index is 1.70. The summed E-state index contributed by atoms with van der Waals surface area (Å²) in [6.45, 7) is 5.61. The predicted octanol–water partition coefficient (Wildman–Crippen LogP) is 3.45. The summed E-state index contributed by atoms with van der Waals surface area (Å²) in [5, 5.41) is 4.90. The Hall–Kier alpha value is -2.67. The van der Waals surface area contributed by atoms with Gasteiger partial charge in [0.2, 0.25) is 5.91 Å². The lowest BCUT2D eigenvalue weighted by Crippen LogP contribution is -2.32. The summed E-state index contributed by atoms with van der Waals surface area (Å²) in [4.78, 5) is 30.0. The normalized spacial score (nSPS) is 12.3. The average Bonchev–Trinajstić information content (AvgIpc) is 3.15. The van der Waals surface area contributed by atoms with Crippen LogP contribution in [-0.2, 0) is 20.7 Å². The maximum absolute atomic E-state index is 12.6. The first-order chi connectivity index (χ1) is 12.9. The summed E-state index contributed by atoms with van der Waals surface area (Å²) in [6.07, 6.45) is 3.82. The van der Waals surface area contributed by atoms with Crippen molar-refractivity contribution in [3.8, 4) is 0 Å². The van der Waals surface area contributed by atoms with Crippen LogP contribution in [0.5, 0.6) is 0 Å². The van der Waals surface area contributed by atoms with Crippen molar-refractivity contribution in [2.24, 2.45) is 0 Å². The summed E-state index contributed by atoms with van der Waals surface area (Å²) in [5.41, 5.74) is 2.69. The fraction of sp³-hybridized carbons (Fsp3) is 0.350. The van der Waals surface area contributed by atoms with Gasteiger partial charge in [-0.05, 0) is 26.3 Å². The highest BCUT2D eigenvalue weighted by Gasteiger charge is 2.21. The number of thiazole rings is 1. The number of ether oxygens (including phenoxy) is 1. The van der Waals surface area contributed by atoms with E-state index in [1.54, 1.807) is 0 Å². The van der Waals surface area contributed by atoms with Gasteiger partial charge < -0.3 is 10.1 Å². The minimum atomic E-state index is -0.437. The third kappa shape index (κ3) is 5.17. The number of nitrogens with one attached hydrogen (secondary N) is 1. The number of esters is 1. The van der Waals surface area contributed by atoms with Gasteiger partial charge in [0.15, 0.2) is 4.96 Å². The molecule has 142 valence electrons. The molecule has 0 saturated carbocycles. The van der Waals surface area contributed by atoms with Crippen LogP contribution >= 0.6 is 11.3 Å². The zero-order valence-electron chi connectivity index (χ0n) is 15.6. The second-order valence-electron chi connectivity index (χ2n) is 6.78. The van der Waals surface area contributed by atoms with Gasteiger partial charge in [-0.3, -0.25) is 14.0 Å². The number of imidazole rings is 1. The molecular weight excluding hydrogens is 362 g/mol. The summed E-state index contributed by atoms with van der Waals surface area (Å²) in [6, 6.07) is 7.34. The van der Waals surface area contributed by atoms with E-state index in [-0.39, 0.29) is 30.8 Å². The van der Waals surface area contributed by atoms with E-state index in [9.17, 15) is 9.59 Å². The fourth-order valence-corrected chi connectivity index (χ4v) is 3.52. The fourth-order valence-electron chi connectivity index (χ4n) is 2.80. The van der Waals surface area contributed by atoms with Crippen molar-refractivity contribution in [2.45, 2.75) is 45.8 Å². The quantitative estimate of drug-likeness (QED) is 0.632. The molecule has 0 bridgehead atoms. The van der Waals surface area contributed by atoms with Gasteiger partial charge in [0.1, 0.15) is 0 Å². The van der Waals surface area contributed by atoms with Crippen LogP contribution < -0.4 is 5.32 Å². The molecule has 27 heavy (non-hydrogen) atoms. The largest absolute Gasteiger partial charge is 0.463 e. The molecule has 6 nitrogen and oxygen atoms in total. The third-order valence-corrected chi connectivity index (χ3v) is 4.81. The van der Waals surface area contributed by atoms with Crippen molar-refractivity contribution in [1.29, 1.82) is 0 Å². The van der Waals surface area contributed by atoms with Crippen molar-refractivity contribution in [1.82, 2.24) is 14.7 Å². The van der Waals surface area contributed by atoms with Crippen molar-refractivity contribution in [3.05, 3.63) is 58.9 Å².